The molecule has 1 fully saturated rings. The summed E-state index contributed by atoms with van der Waals surface area (Å²) in [7, 11) is 0. The molecule has 1 aliphatic rings. The van der Waals surface area contributed by atoms with Crippen LogP contribution in [-0.4, -0.2) is 20.5 Å². The highest BCUT2D eigenvalue weighted by Gasteiger charge is 2.42. The van der Waals surface area contributed by atoms with Crippen LogP contribution in [0.3, 0.4) is 0 Å². The van der Waals surface area contributed by atoms with Crippen LogP contribution in [0.25, 0.3) is 0 Å². The van der Waals surface area contributed by atoms with E-state index < -0.39 is 23.1 Å². The van der Waals surface area contributed by atoms with Crippen molar-refractivity contribution in [2.75, 3.05) is 0 Å². The van der Waals surface area contributed by atoms with E-state index in [0.29, 0.717) is 19.3 Å². The van der Waals surface area contributed by atoms with Crippen LogP contribution in [0.4, 0.5) is 4.39 Å². The number of hydrogen-bond acceptors (Lipinski definition) is 2. The molecule has 5 heteroatoms. The fourth-order valence-electron chi connectivity index (χ4n) is 1.86. The maximum Gasteiger partial charge on any atom is 0.302 e. The molecule has 3 unspecified atom stereocenters. The van der Waals surface area contributed by atoms with Crippen LogP contribution < -0.4 is 0 Å². The van der Waals surface area contributed by atoms with Gasteiger partial charge in [-0.15, -0.1) is 0 Å². The van der Waals surface area contributed by atoms with Gasteiger partial charge in [0.1, 0.15) is 11.8 Å². The van der Waals surface area contributed by atoms with Gasteiger partial charge < -0.3 is 0 Å². The van der Waals surface area contributed by atoms with E-state index in [-0.39, 0.29) is 0 Å². The largest absolute Gasteiger partial charge is 0.302 e. The molecule has 0 aromatic rings. The van der Waals surface area contributed by atoms with E-state index in [1.165, 1.54) is 0 Å². The summed E-state index contributed by atoms with van der Waals surface area (Å²) in [5.74, 6) is 0. The molecule has 1 rings (SSSR count). The normalized spacial score (nSPS) is 37.3. The lowest BCUT2D eigenvalue weighted by Crippen LogP contribution is -2.44. The molecule has 0 bridgehead atoms. The molecule has 0 heterocycles. The van der Waals surface area contributed by atoms with E-state index in [2.05, 4.69) is 0 Å². The second-order valence-corrected chi connectivity index (χ2v) is 4.03. The van der Waals surface area contributed by atoms with Gasteiger partial charge in [0.25, 0.3) is 0 Å². The Hall–Kier alpha value is -0.0000000000000000278. The first-order chi connectivity index (χ1) is 6.10. The van der Waals surface area contributed by atoms with E-state index in [1.807, 2.05) is 0 Å². The average Bonchev–Trinajstić information content (AvgIpc) is 2.08. The molecular weight excluding hydrogens is 195 g/mol. The van der Waals surface area contributed by atoms with Gasteiger partial charge in [0, 0.05) is 0 Å². The van der Waals surface area contributed by atoms with Crippen molar-refractivity contribution in [1.82, 2.24) is 0 Å². The Balaban J connectivity index is 2.69. The predicted molar refractivity (Wildman–Crippen MR) is 48.2 cm³/mol. The molecule has 1 saturated carbocycles. The molecule has 3 nitrogen and oxygen atoms in total. The van der Waals surface area contributed by atoms with Gasteiger partial charge in [-0.25, -0.2) is 4.39 Å². The zero-order valence-corrected chi connectivity index (χ0v) is 8.48. The zero-order valence-electron chi connectivity index (χ0n) is 7.66. The second-order valence-electron chi connectivity index (χ2n) is 3.43. The summed E-state index contributed by atoms with van der Waals surface area (Å²) in [6, 6.07) is 0. The van der Waals surface area contributed by atoms with Crippen LogP contribution in [0.15, 0.2) is 0 Å². The summed E-state index contributed by atoms with van der Waals surface area (Å²) in [6.07, 6.45) is 2.01. The van der Waals surface area contributed by atoms with E-state index in [0.717, 1.165) is 12.8 Å². The summed E-state index contributed by atoms with van der Waals surface area (Å²) in [4.78, 5) is 0. The summed E-state index contributed by atoms with van der Waals surface area (Å²) >= 11 is -2.36. The summed E-state index contributed by atoms with van der Waals surface area (Å²) in [5.41, 5.74) is -1.02. The molecule has 0 saturated heterocycles. The van der Waals surface area contributed by atoms with E-state index in [1.54, 1.807) is 6.92 Å². The highest BCUT2D eigenvalue weighted by atomic mass is 32.2. The summed E-state index contributed by atoms with van der Waals surface area (Å²) in [6.45, 7) is 1.78. The van der Waals surface area contributed by atoms with Crippen molar-refractivity contribution in [1.29, 1.82) is 0 Å². The number of rotatable bonds is 3. The molecule has 0 aliphatic heterocycles. The van der Waals surface area contributed by atoms with Crippen LogP contribution in [0.5, 0.6) is 0 Å². The minimum atomic E-state index is -2.36. The molecule has 0 amide bonds. The first kappa shape index (κ1) is 11.1. The number of hydrogen-bond donors (Lipinski definition) is 1. The number of alkyl halides is 1. The lowest BCUT2D eigenvalue weighted by Gasteiger charge is -2.37. The molecule has 0 spiro atoms. The average molecular weight is 210 g/mol. The Labute approximate surface area is 80.2 Å². The van der Waals surface area contributed by atoms with Gasteiger partial charge in [-0.3, -0.25) is 8.74 Å². The third-order valence-electron chi connectivity index (χ3n) is 2.71. The van der Waals surface area contributed by atoms with Crippen molar-refractivity contribution in [3.05, 3.63) is 0 Å². The molecule has 0 radical (unpaired) electrons. The number of halogens is 1. The molecule has 1 aliphatic carbocycles. The minimum Gasteiger partial charge on any atom is -0.284 e. The van der Waals surface area contributed by atoms with Crippen LogP contribution >= 0.6 is 0 Å². The van der Waals surface area contributed by atoms with Crippen molar-refractivity contribution in [2.24, 2.45) is 0 Å². The SMILES string of the molecule is CCC1(OS(=O)O)CCCCC1F. The standard InChI is InChI=1S/C8H15FO3S/c1-2-8(12-13(10)11)6-4-3-5-7(8)9/h7H,2-6H2,1H3,(H,10,11). The van der Waals surface area contributed by atoms with Crippen molar-refractivity contribution in [3.63, 3.8) is 0 Å². The topological polar surface area (TPSA) is 46.5 Å². The third kappa shape index (κ3) is 2.48. The van der Waals surface area contributed by atoms with Gasteiger partial charge in [0.15, 0.2) is 0 Å². The van der Waals surface area contributed by atoms with Gasteiger partial charge in [0.05, 0.1) is 0 Å². The zero-order chi connectivity index (χ0) is 9.90. The second kappa shape index (κ2) is 4.48. The predicted octanol–water partition coefficient (Wildman–Crippen LogP) is 2.20. The van der Waals surface area contributed by atoms with Gasteiger partial charge in [-0.2, -0.15) is 4.21 Å². The summed E-state index contributed by atoms with van der Waals surface area (Å²) < 4.78 is 37.4. The highest BCUT2D eigenvalue weighted by molar-refractivity contribution is 7.74. The first-order valence-corrected chi connectivity index (χ1v) is 5.58. The van der Waals surface area contributed by atoms with Gasteiger partial charge >= 0.3 is 11.4 Å². The van der Waals surface area contributed by atoms with E-state index in [4.69, 9.17) is 8.74 Å². The fourth-order valence-corrected chi connectivity index (χ4v) is 2.45. The molecular formula is C8H15FO3S. The van der Waals surface area contributed by atoms with Crippen molar-refractivity contribution >= 4 is 11.4 Å². The van der Waals surface area contributed by atoms with Gasteiger partial charge in [0.2, 0.25) is 0 Å². The van der Waals surface area contributed by atoms with Gasteiger partial charge in [-0.1, -0.05) is 19.8 Å². The molecule has 1 N–H and O–H groups in total. The molecule has 0 aromatic carbocycles. The van der Waals surface area contributed by atoms with Crippen molar-refractivity contribution in [2.45, 2.75) is 50.8 Å². The maximum atomic E-state index is 13.5. The summed E-state index contributed by atoms with van der Waals surface area (Å²) in [5, 5.41) is 0. The molecule has 78 valence electrons. The van der Waals surface area contributed by atoms with Crippen LogP contribution in [-0.2, 0) is 15.5 Å². The highest BCUT2D eigenvalue weighted by Crippen LogP contribution is 2.37. The van der Waals surface area contributed by atoms with Crippen LogP contribution in [0.2, 0.25) is 0 Å². The van der Waals surface area contributed by atoms with Gasteiger partial charge in [-0.05, 0) is 19.3 Å². The maximum absolute atomic E-state index is 13.5. The van der Waals surface area contributed by atoms with Crippen molar-refractivity contribution in [3.8, 4) is 0 Å². The Morgan fingerprint density at radius 3 is 2.85 bits per heavy atom. The lowest BCUT2D eigenvalue weighted by molar-refractivity contribution is -0.0395. The lowest BCUT2D eigenvalue weighted by atomic mass is 9.81. The van der Waals surface area contributed by atoms with E-state index >= 15 is 0 Å². The first-order valence-electron chi connectivity index (χ1n) is 4.55. The Morgan fingerprint density at radius 1 is 1.69 bits per heavy atom. The van der Waals surface area contributed by atoms with Crippen molar-refractivity contribution < 1.29 is 17.3 Å². The fraction of sp³-hybridized carbons (Fsp3) is 1.00. The smallest absolute Gasteiger partial charge is 0.284 e. The van der Waals surface area contributed by atoms with Crippen LogP contribution in [0.1, 0.15) is 39.0 Å². The Bertz CT molecular complexity index is 200. The Kier molecular flexibility index (Phi) is 3.82. The van der Waals surface area contributed by atoms with E-state index in [9.17, 15) is 8.60 Å². The third-order valence-corrected chi connectivity index (χ3v) is 3.19. The molecule has 3 atom stereocenters. The minimum absolute atomic E-state index is 0.436. The molecule has 0 aromatic heterocycles. The monoisotopic (exact) mass is 210 g/mol. The Morgan fingerprint density at radius 2 is 2.38 bits per heavy atom. The quantitative estimate of drug-likeness (QED) is 0.726. The van der Waals surface area contributed by atoms with Crippen LogP contribution in [0, 0.1) is 0 Å². The molecule has 13 heavy (non-hydrogen) atoms.